The van der Waals surface area contributed by atoms with Gasteiger partial charge in [-0.3, -0.25) is 19.9 Å². The molecule has 2 fully saturated rings. The highest BCUT2D eigenvalue weighted by Gasteiger charge is 2.33. The number of pyridine rings is 4. The third kappa shape index (κ3) is 8.80. The quantitative estimate of drug-likeness (QED) is 0.180. The molecular formula is C44H40BClN10O3. The number of aryl methyl sites for hydroxylation is 1. The molecule has 2 N–H and O–H groups in total. The second-order valence-electron chi connectivity index (χ2n) is 14.1. The van der Waals surface area contributed by atoms with Crippen molar-refractivity contribution in [2.45, 2.75) is 18.8 Å². The van der Waals surface area contributed by atoms with Crippen molar-refractivity contribution in [2.24, 2.45) is 0 Å². The van der Waals surface area contributed by atoms with Gasteiger partial charge < -0.3 is 24.6 Å². The molecule has 8 heterocycles. The van der Waals surface area contributed by atoms with Crippen molar-refractivity contribution in [1.29, 1.82) is 0 Å². The first kappa shape index (κ1) is 39.2. The van der Waals surface area contributed by atoms with E-state index in [2.05, 4.69) is 88.2 Å². The fourth-order valence-electron chi connectivity index (χ4n) is 7.11. The molecule has 6 aromatic heterocycles. The van der Waals surface area contributed by atoms with Gasteiger partial charge in [0, 0.05) is 103 Å². The monoisotopic (exact) mass is 802 g/mol. The molecule has 2 aromatic carbocycles. The van der Waals surface area contributed by atoms with E-state index in [0.717, 1.165) is 82.6 Å². The van der Waals surface area contributed by atoms with Crippen molar-refractivity contribution in [3.63, 3.8) is 0 Å². The average Bonchev–Trinajstić information content (AvgIpc) is 3.24. The van der Waals surface area contributed by atoms with Crippen molar-refractivity contribution in [3.05, 3.63) is 156 Å². The fraction of sp³-hybridized carbons (Fsp3) is 0.182. The number of rotatable bonds is 7. The van der Waals surface area contributed by atoms with Crippen LogP contribution in [0.15, 0.2) is 134 Å². The van der Waals surface area contributed by atoms with Gasteiger partial charge in [-0.2, -0.15) is 0 Å². The van der Waals surface area contributed by atoms with Crippen LogP contribution in [0.2, 0.25) is 5.15 Å². The van der Waals surface area contributed by atoms with Gasteiger partial charge in [0.2, 0.25) is 5.88 Å². The number of ether oxygens (including phenoxy) is 1. The number of aromatic nitrogens is 8. The Labute approximate surface area is 346 Å². The van der Waals surface area contributed by atoms with Gasteiger partial charge in [0.1, 0.15) is 11.6 Å². The van der Waals surface area contributed by atoms with E-state index in [0.29, 0.717) is 17.0 Å². The first-order valence-corrected chi connectivity index (χ1v) is 19.5. The second-order valence-corrected chi connectivity index (χ2v) is 14.4. The predicted octanol–water partition coefficient (Wildman–Crippen LogP) is 6.05. The predicted molar refractivity (Wildman–Crippen MR) is 231 cm³/mol. The molecule has 2 saturated heterocycles. The van der Waals surface area contributed by atoms with Crippen molar-refractivity contribution < 1.29 is 14.8 Å². The van der Waals surface area contributed by atoms with Crippen LogP contribution in [0, 0.1) is 6.92 Å². The highest BCUT2D eigenvalue weighted by Crippen LogP contribution is 2.36. The van der Waals surface area contributed by atoms with Gasteiger partial charge in [-0.25, -0.2) is 19.9 Å². The Morgan fingerprint density at radius 1 is 0.593 bits per heavy atom. The standard InChI is InChI=1S/C22H19N5.C16H13ClN4.C6H8BNO3/c1-15-18(6-4-10-23-15)22-21(24-11-12-25-22)17-13-27(14-17)20-9-8-16-5-2-3-7-19(16)26-20;17-16-15(18-7-8-19-16)12-9-21(10-12)14-6-5-11-3-1-2-4-13(11)20-14;1-11-6-5(7(9)10)3-2-4-8-6/h2-12,17H,13-14H2,1H3;1-8,12H,9-10H2;2-4,9-10H,1H3. The van der Waals surface area contributed by atoms with Crippen LogP contribution in [-0.2, 0) is 0 Å². The van der Waals surface area contributed by atoms with Crippen LogP contribution >= 0.6 is 11.6 Å². The summed E-state index contributed by atoms with van der Waals surface area (Å²) in [6.45, 7) is 5.57. The zero-order chi connectivity index (χ0) is 40.7. The molecule has 2 aliphatic heterocycles. The largest absolute Gasteiger partial charge is 0.493 e. The summed E-state index contributed by atoms with van der Waals surface area (Å²) >= 11 is 6.10. The Morgan fingerprint density at radius 3 is 1.71 bits per heavy atom. The van der Waals surface area contributed by atoms with Crippen molar-refractivity contribution in [3.8, 4) is 17.1 Å². The molecule has 0 atom stereocenters. The maximum atomic E-state index is 8.77. The minimum Gasteiger partial charge on any atom is -0.481 e. The van der Waals surface area contributed by atoms with Crippen LogP contribution in [0.25, 0.3) is 33.1 Å². The summed E-state index contributed by atoms with van der Waals surface area (Å²) in [5.74, 6) is 2.95. The topological polar surface area (TPSA) is 159 Å². The molecule has 15 heteroatoms. The molecule has 0 radical (unpaired) electrons. The SMILES string of the molecule is COc1ncccc1B(O)O.Cc1ncccc1-c1nccnc1C1CN(c2ccc3ccccc3n2)C1.Clc1nccnc1C1CN(c2ccc3ccccc3n2)C1. The number of para-hydroxylation sites is 2. The number of halogens is 1. The number of hydrogen-bond acceptors (Lipinski definition) is 13. The number of nitrogens with zero attached hydrogens (tertiary/aromatic N) is 10. The van der Waals surface area contributed by atoms with Gasteiger partial charge in [-0.1, -0.05) is 54.1 Å². The van der Waals surface area contributed by atoms with Crippen LogP contribution < -0.4 is 20.0 Å². The molecular weight excluding hydrogens is 763 g/mol. The number of anilines is 2. The molecule has 294 valence electrons. The van der Waals surface area contributed by atoms with Crippen LogP contribution in [0.3, 0.4) is 0 Å². The highest BCUT2D eigenvalue weighted by atomic mass is 35.5. The van der Waals surface area contributed by atoms with E-state index in [1.807, 2.05) is 49.5 Å². The van der Waals surface area contributed by atoms with Gasteiger partial charge in [0.25, 0.3) is 0 Å². The molecule has 10 rings (SSSR count). The lowest BCUT2D eigenvalue weighted by molar-refractivity contribution is 0.391. The molecule has 0 amide bonds. The Hall–Kier alpha value is -6.61. The van der Waals surface area contributed by atoms with E-state index < -0.39 is 7.12 Å². The summed E-state index contributed by atoms with van der Waals surface area (Å²) in [6.07, 6.45) is 10.2. The van der Waals surface area contributed by atoms with Gasteiger partial charge in [0.05, 0.1) is 35.2 Å². The van der Waals surface area contributed by atoms with E-state index in [-0.39, 0.29) is 11.3 Å². The second kappa shape index (κ2) is 17.9. The third-order valence-corrected chi connectivity index (χ3v) is 10.6. The van der Waals surface area contributed by atoms with E-state index in [9.17, 15) is 0 Å². The maximum Gasteiger partial charge on any atom is 0.493 e. The van der Waals surface area contributed by atoms with E-state index in [1.54, 1.807) is 30.9 Å². The minimum absolute atomic E-state index is 0.238. The summed E-state index contributed by atoms with van der Waals surface area (Å²) in [5, 5.41) is 20.4. The summed E-state index contributed by atoms with van der Waals surface area (Å²) in [7, 11) is -0.104. The Morgan fingerprint density at radius 2 is 1.14 bits per heavy atom. The smallest absolute Gasteiger partial charge is 0.481 e. The van der Waals surface area contributed by atoms with E-state index in [1.165, 1.54) is 24.8 Å². The van der Waals surface area contributed by atoms with Crippen LogP contribution in [-0.4, -0.2) is 90.3 Å². The maximum absolute atomic E-state index is 8.77. The van der Waals surface area contributed by atoms with Gasteiger partial charge in [-0.15, -0.1) is 0 Å². The fourth-order valence-corrected chi connectivity index (χ4v) is 7.36. The Balaban J connectivity index is 0.000000134. The molecule has 2 aliphatic rings. The Bertz CT molecular complexity index is 2700. The number of hydrogen-bond donors (Lipinski definition) is 2. The summed E-state index contributed by atoms with van der Waals surface area (Å²) in [6, 6.07) is 31.9. The number of benzene rings is 2. The van der Waals surface area contributed by atoms with Crippen molar-refractivity contribution in [2.75, 3.05) is 43.1 Å². The summed E-state index contributed by atoms with van der Waals surface area (Å²) in [4.78, 5) is 39.9. The zero-order valence-corrected chi connectivity index (χ0v) is 33.2. The summed E-state index contributed by atoms with van der Waals surface area (Å²) in [5.41, 5.74) is 7.24. The number of methoxy groups -OCH3 is 1. The normalized spacial score (nSPS) is 13.7. The van der Waals surface area contributed by atoms with Crippen molar-refractivity contribution >= 4 is 57.6 Å². The summed E-state index contributed by atoms with van der Waals surface area (Å²) < 4.78 is 4.78. The third-order valence-electron chi connectivity index (χ3n) is 10.3. The first-order chi connectivity index (χ1) is 28.9. The lowest BCUT2D eigenvalue weighted by Gasteiger charge is -2.40. The highest BCUT2D eigenvalue weighted by molar-refractivity contribution is 6.59. The van der Waals surface area contributed by atoms with Gasteiger partial charge in [-0.05, 0) is 61.5 Å². The molecule has 0 saturated carbocycles. The van der Waals surface area contributed by atoms with E-state index >= 15 is 0 Å². The van der Waals surface area contributed by atoms with Gasteiger partial charge >= 0.3 is 7.12 Å². The Kier molecular flexibility index (Phi) is 11.9. The number of fused-ring (bicyclic) bond motifs is 2. The minimum atomic E-state index is -1.53. The van der Waals surface area contributed by atoms with Crippen molar-refractivity contribution in [1.82, 2.24) is 39.9 Å². The molecule has 0 bridgehead atoms. The van der Waals surface area contributed by atoms with E-state index in [4.69, 9.17) is 36.4 Å². The van der Waals surface area contributed by atoms with Crippen LogP contribution in [0.5, 0.6) is 5.88 Å². The molecule has 8 aromatic rings. The molecule has 0 unspecified atom stereocenters. The molecule has 59 heavy (non-hydrogen) atoms. The lowest BCUT2D eigenvalue weighted by Crippen LogP contribution is -2.46. The zero-order valence-electron chi connectivity index (χ0n) is 32.4. The first-order valence-electron chi connectivity index (χ1n) is 19.1. The lowest BCUT2D eigenvalue weighted by atomic mass is 9.81. The average molecular weight is 803 g/mol. The molecule has 0 spiro atoms. The molecule has 13 nitrogen and oxygen atoms in total. The van der Waals surface area contributed by atoms with Gasteiger partial charge in [0.15, 0.2) is 5.15 Å². The molecule has 0 aliphatic carbocycles. The van der Waals surface area contributed by atoms with Crippen LogP contribution in [0.1, 0.15) is 28.9 Å². The van der Waals surface area contributed by atoms with Crippen LogP contribution in [0.4, 0.5) is 11.6 Å².